The standard InChI is InChI=1S/C26H31NOS/c1-18-3-2-4-19(9-18)16-29-17-25(28)27-24-7-5-23(6-8-24)26-13-20-10-21(14-26)12-22(11-20)15-26/h2-9,20-22H,10-17H2,1H3,(H,27,28). The van der Waals surface area contributed by atoms with E-state index in [9.17, 15) is 4.79 Å². The molecule has 0 aliphatic heterocycles. The molecule has 4 aliphatic rings. The summed E-state index contributed by atoms with van der Waals surface area (Å²) in [5, 5.41) is 3.08. The molecule has 0 heterocycles. The highest BCUT2D eigenvalue weighted by atomic mass is 32.2. The Labute approximate surface area is 178 Å². The maximum absolute atomic E-state index is 12.3. The minimum absolute atomic E-state index is 0.0882. The van der Waals surface area contributed by atoms with Gasteiger partial charge in [-0.05, 0) is 91.9 Å². The van der Waals surface area contributed by atoms with Crippen molar-refractivity contribution < 1.29 is 4.79 Å². The van der Waals surface area contributed by atoms with Gasteiger partial charge in [0.15, 0.2) is 0 Å². The maximum atomic E-state index is 12.3. The Hall–Kier alpha value is -1.74. The summed E-state index contributed by atoms with van der Waals surface area (Å²) in [7, 11) is 0. The van der Waals surface area contributed by atoms with Gasteiger partial charge in [-0.3, -0.25) is 4.79 Å². The average molecular weight is 406 g/mol. The molecule has 152 valence electrons. The van der Waals surface area contributed by atoms with Crippen molar-refractivity contribution in [3.05, 3.63) is 65.2 Å². The first-order valence-corrected chi connectivity index (χ1v) is 12.3. The van der Waals surface area contributed by atoms with Gasteiger partial charge in [0.2, 0.25) is 5.91 Å². The van der Waals surface area contributed by atoms with Crippen molar-refractivity contribution in [3.8, 4) is 0 Å². The largest absolute Gasteiger partial charge is 0.325 e. The number of rotatable bonds is 6. The van der Waals surface area contributed by atoms with E-state index in [4.69, 9.17) is 0 Å². The topological polar surface area (TPSA) is 29.1 Å². The first-order valence-electron chi connectivity index (χ1n) is 11.1. The van der Waals surface area contributed by atoms with Gasteiger partial charge < -0.3 is 5.32 Å². The van der Waals surface area contributed by atoms with E-state index >= 15 is 0 Å². The van der Waals surface area contributed by atoms with Crippen LogP contribution in [0.3, 0.4) is 0 Å². The molecule has 2 aromatic carbocycles. The van der Waals surface area contributed by atoms with E-state index in [0.717, 1.165) is 29.2 Å². The summed E-state index contributed by atoms with van der Waals surface area (Å²) >= 11 is 1.67. The van der Waals surface area contributed by atoms with Crippen LogP contribution in [0.5, 0.6) is 0 Å². The highest BCUT2D eigenvalue weighted by Gasteiger charge is 2.51. The molecule has 0 aromatic heterocycles. The minimum atomic E-state index is 0.0882. The van der Waals surface area contributed by atoms with E-state index in [0.29, 0.717) is 11.2 Å². The molecule has 1 N–H and O–H groups in total. The molecule has 3 heteroatoms. The Bertz CT molecular complexity index is 853. The first kappa shape index (κ1) is 19.2. The van der Waals surface area contributed by atoms with Crippen LogP contribution in [-0.2, 0) is 16.0 Å². The number of amides is 1. The lowest BCUT2D eigenvalue weighted by Gasteiger charge is -2.57. The maximum Gasteiger partial charge on any atom is 0.234 e. The predicted octanol–water partition coefficient (Wildman–Crippen LogP) is 6.33. The predicted molar refractivity (Wildman–Crippen MR) is 122 cm³/mol. The number of aryl methyl sites for hydroxylation is 1. The lowest BCUT2D eigenvalue weighted by atomic mass is 9.48. The average Bonchev–Trinajstić information content (AvgIpc) is 2.67. The third-order valence-electron chi connectivity index (χ3n) is 7.40. The number of hydrogen-bond donors (Lipinski definition) is 1. The van der Waals surface area contributed by atoms with Gasteiger partial charge in [0.1, 0.15) is 0 Å². The van der Waals surface area contributed by atoms with E-state index in [2.05, 4.69) is 60.8 Å². The van der Waals surface area contributed by atoms with Crippen LogP contribution in [0, 0.1) is 24.7 Å². The smallest absolute Gasteiger partial charge is 0.234 e. The summed E-state index contributed by atoms with van der Waals surface area (Å²) in [6.07, 6.45) is 8.61. The van der Waals surface area contributed by atoms with Crippen molar-refractivity contribution in [2.45, 2.75) is 56.6 Å². The summed E-state index contributed by atoms with van der Waals surface area (Å²) in [6, 6.07) is 17.3. The van der Waals surface area contributed by atoms with Crippen LogP contribution in [0.4, 0.5) is 5.69 Å². The minimum Gasteiger partial charge on any atom is -0.325 e. The SMILES string of the molecule is Cc1cccc(CSCC(=O)Nc2ccc(C34CC5CC(CC(C5)C3)C4)cc2)c1. The van der Waals surface area contributed by atoms with Crippen molar-refractivity contribution in [2.75, 3.05) is 11.1 Å². The van der Waals surface area contributed by atoms with Crippen LogP contribution < -0.4 is 5.32 Å². The molecule has 1 amide bonds. The number of carbonyl (C=O) groups excluding carboxylic acids is 1. The molecule has 0 radical (unpaired) electrons. The Balaban J connectivity index is 1.16. The summed E-state index contributed by atoms with van der Waals surface area (Å²) < 4.78 is 0. The molecule has 4 saturated carbocycles. The summed E-state index contributed by atoms with van der Waals surface area (Å²) in [5.41, 5.74) is 5.43. The third-order valence-corrected chi connectivity index (χ3v) is 8.41. The van der Waals surface area contributed by atoms with Gasteiger partial charge in [-0.2, -0.15) is 0 Å². The van der Waals surface area contributed by atoms with Gasteiger partial charge in [0.05, 0.1) is 5.75 Å². The number of benzene rings is 2. The third kappa shape index (κ3) is 4.12. The van der Waals surface area contributed by atoms with Gasteiger partial charge in [-0.25, -0.2) is 0 Å². The Kier molecular flexibility index (Phi) is 5.19. The van der Waals surface area contributed by atoms with Crippen molar-refractivity contribution in [2.24, 2.45) is 17.8 Å². The van der Waals surface area contributed by atoms with Crippen molar-refractivity contribution in [3.63, 3.8) is 0 Å². The number of thioether (sulfide) groups is 1. The fourth-order valence-corrected chi connectivity index (χ4v) is 7.41. The van der Waals surface area contributed by atoms with Crippen LogP contribution in [0.25, 0.3) is 0 Å². The molecule has 0 spiro atoms. The van der Waals surface area contributed by atoms with E-state index in [1.54, 1.807) is 11.8 Å². The Morgan fingerprint density at radius 2 is 1.66 bits per heavy atom. The molecule has 2 nitrogen and oxygen atoms in total. The lowest BCUT2D eigenvalue weighted by molar-refractivity contribution is -0.113. The highest BCUT2D eigenvalue weighted by Crippen LogP contribution is 2.60. The van der Waals surface area contributed by atoms with Crippen LogP contribution in [-0.4, -0.2) is 11.7 Å². The number of hydrogen-bond acceptors (Lipinski definition) is 2. The number of anilines is 1. The fraction of sp³-hybridized carbons (Fsp3) is 0.500. The molecule has 0 saturated heterocycles. The van der Waals surface area contributed by atoms with Gasteiger partial charge in [0.25, 0.3) is 0 Å². The second-order valence-electron chi connectivity index (χ2n) is 9.81. The van der Waals surface area contributed by atoms with Crippen molar-refractivity contribution in [1.82, 2.24) is 0 Å². The monoisotopic (exact) mass is 405 g/mol. The van der Waals surface area contributed by atoms with E-state index in [-0.39, 0.29) is 5.91 Å². The van der Waals surface area contributed by atoms with Gasteiger partial charge in [-0.1, -0.05) is 42.0 Å². The van der Waals surface area contributed by atoms with E-state index in [1.807, 2.05) is 0 Å². The molecule has 2 aromatic rings. The Morgan fingerprint density at radius 1 is 1.00 bits per heavy atom. The molecule has 29 heavy (non-hydrogen) atoms. The highest BCUT2D eigenvalue weighted by molar-refractivity contribution is 7.99. The van der Waals surface area contributed by atoms with Crippen LogP contribution in [0.15, 0.2) is 48.5 Å². The zero-order valence-corrected chi connectivity index (χ0v) is 18.1. The zero-order valence-electron chi connectivity index (χ0n) is 17.3. The fourth-order valence-electron chi connectivity index (χ4n) is 6.63. The van der Waals surface area contributed by atoms with Crippen LogP contribution in [0.1, 0.15) is 55.2 Å². The molecule has 0 atom stereocenters. The van der Waals surface area contributed by atoms with E-state index < -0.39 is 0 Å². The Morgan fingerprint density at radius 3 is 2.28 bits per heavy atom. The van der Waals surface area contributed by atoms with Gasteiger partial charge in [0, 0.05) is 11.4 Å². The summed E-state index contributed by atoms with van der Waals surface area (Å²) in [4.78, 5) is 12.3. The first-order chi connectivity index (χ1) is 14.1. The van der Waals surface area contributed by atoms with Crippen LogP contribution >= 0.6 is 11.8 Å². The molecule has 4 fully saturated rings. The lowest BCUT2D eigenvalue weighted by Crippen LogP contribution is -2.48. The van der Waals surface area contributed by atoms with Crippen molar-refractivity contribution >= 4 is 23.4 Å². The molecular formula is C26H31NOS. The van der Waals surface area contributed by atoms with E-state index in [1.165, 1.54) is 55.2 Å². The summed E-state index contributed by atoms with van der Waals surface area (Å²) in [5.74, 6) is 4.35. The molecular weight excluding hydrogens is 374 g/mol. The van der Waals surface area contributed by atoms with Crippen LogP contribution in [0.2, 0.25) is 0 Å². The molecule has 0 unspecified atom stereocenters. The normalized spacial score (nSPS) is 29.8. The number of nitrogens with one attached hydrogen (secondary N) is 1. The quantitative estimate of drug-likeness (QED) is 0.608. The van der Waals surface area contributed by atoms with Gasteiger partial charge >= 0.3 is 0 Å². The van der Waals surface area contributed by atoms with Crippen molar-refractivity contribution in [1.29, 1.82) is 0 Å². The molecule has 4 bridgehead atoms. The zero-order chi connectivity index (χ0) is 19.8. The second-order valence-corrected chi connectivity index (χ2v) is 10.8. The summed E-state index contributed by atoms with van der Waals surface area (Å²) in [6.45, 7) is 2.11. The molecule has 6 rings (SSSR count). The van der Waals surface area contributed by atoms with Gasteiger partial charge in [-0.15, -0.1) is 11.8 Å². The molecule has 4 aliphatic carbocycles. The number of carbonyl (C=O) groups is 1. The second kappa shape index (κ2) is 7.83.